The highest BCUT2D eigenvalue weighted by molar-refractivity contribution is 4.89. The molecule has 2 unspecified atom stereocenters. The van der Waals surface area contributed by atoms with Gasteiger partial charge in [0.05, 0.1) is 12.1 Å². The number of rotatable bonds is 6. The maximum absolute atomic E-state index is 8.89. The minimum atomic E-state index is 0.0182. The summed E-state index contributed by atoms with van der Waals surface area (Å²) in [6.45, 7) is 5.81. The lowest BCUT2D eigenvalue weighted by atomic mass is 9.96. The lowest BCUT2D eigenvalue weighted by Crippen LogP contribution is -2.32. The number of likely N-dealkylation sites (tertiary alicyclic amines) is 1. The van der Waals surface area contributed by atoms with Crippen molar-refractivity contribution in [2.45, 2.75) is 51.5 Å². The van der Waals surface area contributed by atoms with Gasteiger partial charge >= 0.3 is 0 Å². The summed E-state index contributed by atoms with van der Waals surface area (Å²) in [6, 6.07) is 2.32. The fraction of sp³-hybridized carbons (Fsp3) is 0.929. The van der Waals surface area contributed by atoms with Crippen molar-refractivity contribution >= 4 is 0 Å². The van der Waals surface area contributed by atoms with Gasteiger partial charge in [-0.15, -0.1) is 0 Å². The van der Waals surface area contributed by atoms with Crippen LogP contribution in [0.3, 0.4) is 0 Å². The number of hydrogen-bond donors (Lipinski definition) is 1. The van der Waals surface area contributed by atoms with E-state index in [0.29, 0.717) is 0 Å². The van der Waals surface area contributed by atoms with Crippen molar-refractivity contribution in [3.8, 4) is 6.07 Å². The number of nitrogens with one attached hydrogen (secondary N) is 1. The molecule has 1 fully saturated rings. The third-order valence-electron chi connectivity index (χ3n) is 3.88. The van der Waals surface area contributed by atoms with Crippen molar-refractivity contribution in [3.05, 3.63) is 0 Å². The van der Waals surface area contributed by atoms with E-state index in [9.17, 15) is 0 Å². The Hall–Kier alpha value is -0.590. The van der Waals surface area contributed by atoms with E-state index in [0.717, 1.165) is 18.9 Å². The highest BCUT2D eigenvalue weighted by Gasteiger charge is 2.16. The third kappa shape index (κ3) is 5.52. The van der Waals surface area contributed by atoms with Crippen LogP contribution in [0.2, 0.25) is 0 Å². The molecule has 98 valence electrons. The molecule has 0 aliphatic carbocycles. The number of nitriles is 1. The summed E-state index contributed by atoms with van der Waals surface area (Å²) >= 11 is 0. The predicted molar refractivity (Wildman–Crippen MR) is 71.8 cm³/mol. The molecule has 3 heteroatoms. The van der Waals surface area contributed by atoms with Gasteiger partial charge in [-0.1, -0.05) is 19.8 Å². The Morgan fingerprint density at radius 2 is 2.24 bits per heavy atom. The molecule has 17 heavy (non-hydrogen) atoms. The molecular formula is C14H27N3. The SMILES string of the molecule is CCCC1CCCN(CCC(C#N)NC)CC1. The highest BCUT2D eigenvalue weighted by atomic mass is 15.1. The molecule has 1 N–H and O–H groups in total. The molecule has 1 aliphatic heterocycles. The largest absolute Gasteiger partial charge is 0.305 e. The minimum absolute atomic E-state index is 0.0182. The molecular weight excluding hydrogens is 210 g/mol. The van der Waals surface area contributed by atoms with Crippen LogP contribution in [0.5, 0.6) is 0 Å². The molecule has 0 aromatic rings. The van der Waals surface area contributed by atoms with Crippen LogP contribution in [0.1, 0.15) is 45.4 Å². The van der Waals surface area contributed by atoms with Gasteiger partial charge in [-0.2, -0.15) is 5.26 Å². The van der Waals surface area contributed by atoms with Crippen LogP contribution < -0.4 is 5.32 Å². The highest BCUT2D eigenvalue weighted by Crippen LogP contribution is 2.21. The molecule has 0 bridgehead atoms. The Morgan fingerprint density at radius 1 is 1.41 bits per heavy atom. The zero-order valence-corrected chi connectivity index (χ0v) is 11.4. The van der Waals surface area contributed by atoms with Gasteiger partial charge in [0.25, 0.3) is 0 Å². The summed E-state index contributed by atoms with van der Waals surface area (Å²) < 4.78 is 0. The van der Waals surface area contributed by atoms with Crippen molar-refractivity contribution in [1.29, 1.82) is 5.26 Å². The fourth-order valence-electron chi connectivity index (χ4n) is 2.73. The molecule has 1 rings (SSSR count). The lowest BCUT2D eigenvalue weighted by molar-refractivity contribution is 0.270. The summed E-state index contributed by atoms with van der Waals surface area (Å²) in [5, 5.41) is 11.9. The second-order valence-corrected chi connectivity index (χ2v) is 5.19. The number of nitrogens with zero attached hydrogens (tertiary/aromatic N) is 2. The second-order valence-electron chi connectivity index (χ2n) is 5.19. The van der Waals surface area contributed by atoms with Gasteiger partial charge in [0.15, 0.2) is 0 Å². The van der Waals surface area contributed by atoms with E-state index in [2.05, 4.69) is 23.2 Å². The van der Waals surface area contributed by atoms with E-state index in [-0.39, 0.29) is 6.04 Å². The summed E-state index contributed by atoms with van der Waals surface area (Å²) in [5.41, 5.74) is 0. The van der Waals surface area contributed by atoms with Gasteiger partial charge in [0, 0.05) is 6.54 Å². The van der Waals surface area contributed by atoms with Gasteiger partial charge < -0.3 is 10.2 Å². The zero-order valence-electron chi connectivity index (χ0n) is 11.4. The van der Waals surface area contributed by atoms with E-state index in [1.54, 1.807) is 0 Å². The van der Waals surface area contributed by atoms with Crippen LogP contribution in [0, 0.1) is 17.2 Å². The van der Waals surface area contributed by atoms with Crippen LogP contribution >= 0.6 is 0 Å². The molecule has 0 saturated carbocycles. The number of hydrogen-bond acceptors (Lipinski definition) is 3. The summed E-state index contributed by atoms with van der Waals surface area (Å²) in [7, 11) is 1.87. The van der Waals surface area contributed by atoms with Crippen LogP contribution in [0.25, 0.3) is 0 Å². The van der Waals surface area contributed by atoms with Crippen LogP contribution in [0.4, 0.5) is 0 Å². The third-order valence-corrected chi connectivity index (χ3v) is 3.88. The first-order valence-electron chi connectivity index (χ1n) is 7.09. The predicted octanol–water partition coefficient (Wildman–Crippen LogP) is 2.39. The zero-order chi connectivity index (χ0) is 12.5. The molecule has 0 radical (unpaired) electrons. The Balaban J connectivity index is 2.24. The molecule has 0 amide bonds. The Labute approximate surface area is 106 Å². The van der Waals surface area contributed by atoms with E-state index >= 15 is 0 Å². The summed E-state index contributed by atoms with van der Waals surface area (Å²) in [4.78, 5) is 2.54. The van der Waals surface area contributed by atoms with E-state index in [4.69, 9.17) is 5.26 Å². The molecule has 1 aliphatic rings. The molecule has 2 atom stereocenters. The minimum Gasteiger partial charge on any atom is -0.305 e. The van der Waals surface area contributed by atoms with Crippen LogP contribution in [-0.4, -0.2) is 37.6 Å². The monoisotopic (exact) mass is 237 g/mol. The Bertz CT molecular complexity index is 234. The summed E-state index contributed by atoms with van der Waals surface area (Å²) in [5.74, 6) is 0.945. The van der Waals surface area contributed by atoms with Gasteiger partial charge in [-0.25, -0.2) is 0 Å². The smallest absolute Gasteiger partial charge is 0.0962 e. The van der Waals surface area contributed by atoms with Gasteiger partial charge in [0.1, 0.15) is 0 Å². The van der Waals surface area contributed by atoms with E-state index in [1.807, 2.05) is 7.05 Å². The molecule has 3 nitrogen and oxygen atoms in total. The molecule has 0 aromatic heterocycles. The van der Waals surface area contributed by atoms with Crippen molar-refractivity contribution in [2.75, 3.05) is 26.7 Å². The van der Waals surface area contributed by atoms with Crippen molar-refractivity contribution in [2.24, 2.45) is 5.92 Å². The van der Waals surface area contributed by atoms with E-state index < -0.39 is 0 Å². The van der Waals surface area contributed by atoms with Crippen molar-refractivity contribution in [1.82, 2.24) is 10.2 Å². The second kappa shape index (κ2) is 8.49. The average Bonchev–Trinajstić information content (AvgIpc) is 2.57. The standard InChI is InChI=1S/C14H27N3/c1-3-5-13-6-4-9-17(10-7-13)11-8-14(12-15)16-2/h13-14,16H,3-11H2,1-2H3. The Kier molecular flexibility index (Phi) is 7.23. The van der Waals surface area contributed by atoms with Crippen molar-refractivity contribution in [3.63, 3.8) is 0 Å². The molecule has 0 spiro atoms. The first-order chi connectivity index (χ1) is 8.30. The van der Waals surface area contributed by atoms with Gasteiger partial charge in [-0.05, 0) is 51.7 Å². The molecule has 0 aromatic carbocycles. The first kappa shape index (κ1) is 14.5. The maximum Gasteiger partial charge on any atom is 0.0962 e. The summed E-state index contributed by atoms with van der Waals surface area (Å²) in [6.07, 6.45) is 7.75. The Morgan fingerprint density at radius 3 is 2.88 bits per heavy atom. The van der Waals surface area contributed by atoms with Gasteiger partial charge in [0.2, 0.25) is 0 Å². The van der Waals surface area contributed by atoms with E-state index in [1.165, 1.54) is 45.2 Å². The van der Waals surface area contributed by atoms with Crippen LogP contribution in [0.15, 0.2) is 0 Å². The van der Waals surface area contributed by atoms with Gasteiger partial charge in [-0.3, -0.25) is 0 Å². The fourth-order valence-corrected chi connectivity index (χ4v) is 2.73. The first-order valence-corrected chi connectivity index (χ1v) is 7.09. The van der Waals surface area contributed by atoms with Crippen molar-refractivity contribution < 1.29 is 0 Å². The normalized spacial score (nSPS) is 23.9. The molecule has 1 heterocycles. The maximum atomic E-state index is 8.89. The topological polar surface area (TPSA) is 39.1 Å². The molecule has 1 saturated heterocycles. The quantitative estimate of drug-likeness (QED) is 0.771. The van der Waals surface area contributed by atoms with Crippen LogP contribution in [-0.2, 0) is 0 Å². The lowest BCUT2D eigenvalue weighted by Gasteiger charge is -2.21. The average molecular weight is 237 g/mol.